The first kappa shape index (κ1) is 28.6. The van der Waals surface area contributed by atoms with Crippen molar-refractivity contribution in [2.45, 2.75) is 52.7 Å². The Morgan fingerprint density at radius 3 is 2.29 bits per heavy atom. The van der Waals surface area contributed by atoms with Gasteiger partial charge in [0.15, 0.2) is 5.65 Å². The van der Waals surface area contributed by atoms with Crippen LogP contribution in [0.2, 0.25) is 0 Å². The highest BCUT2D eigenvalue weighted by Gasteiger charge is 2.29. The zero-order chi connectivity index (χ0) is 29.7. The number of pyridine rings is 2. The number of hydrogen-bond acceptors (Lipinski definition) is 8. The molecular formula is C31H42N8O2. The Morgan fingerprint density at radius 1 is 0.951 bits per heavy atom. The number of fused-ring (bicyclic) bond motifs is 1. The molecule has 0 amide bonds. The fraction of sp³-hybridized carbons (Fsp3) is 0.484. The quantitative estimate of drug-likeness (QED) is 0.333. The monoisotopic (exact) mass is 558 g/mol. The number of ether oxygens (including phenoxy) is 1. The Hall–Kier alpha value is -3.92. The van der Waals surface area contributed by atoms with E-state index in [4.69, 9.17) is 14.8 Å². The van der Waals surface area contributed by atoms with Gasteiger partial charge in [-0.3, -0.25) is 9.67 Å². The molecule has 1 saturated heterocycles. The maximum absolute atomic E-state index is 13.8. The van der Waals surface area contributed by atoms with Gasteiger partial charge in [-0.15, -0.1) is 0 Å². The van der Waals surface area contributed by atoms with Crippen molar-refractivity contribution in [3.8, 4) is 22.6 Å². The van der Waals surface area contributed by atoms with Gasteiger partial charge in [-0.1, -0.05) is 0 Å². The van der Waals surface area contributed by atoms with Crippen molar-refractivity contribution in [1.82, 2.24) is 29.2 Å². The zero-order valence-electron chi connectivity index (χ0n) is 25.8. The number of anilines is 2. The summed E-state index contributed by atoms with van der Waals surface area (Å²) in [7, 11) is 6.14. The van der Waals surface area contributed by atoms with Gasteiger partial charge in [0.25, 0.3) is 0 Å². The molecule has 1 aliphatic heterocycles. The van der Waals surface area contributed by atoms with E-state index in [-0.39, 0.29) is 5.54 Å². The summed E-state index contributed by atoms with van der Waals surface area (Å²) >= 11 is 0. The summed E-state index contributed by atoms with van der Waals surface area (Å²) in [5.74, 6) is 0. The molecule has 10 nitrogen and oxygen atoms in total. The number of carbonyl (C=O) groups is 1. The lowest BCUT2D eigenvalue weighted by molar-refractivity contribution is 0.0546. The molecule has 0 radical (unpaired) electrons. The molecule has 0 unspecified atom stereocenters. The average Bonchev–Trinajstić information content (AvgIpc) is 3.51. The van der Waals surface area contributed by atoms with Gasteiger partial charge in [-0.2, -0.15) is 5.10 Å². The van der Waals surface area contributed by atoms with Crippen molar-refractivity contribution >= 4 is 28.5 Å². The Balaban J connectivity index is 1.73. The molecule has 0 aliphatic carbocycles. The van der Waals surface area contributed by atoms with Crippen molar-refractivity contribution < 1.29 is 9.53 Å². The van der Waals surface area contributed by atoms with Gasteiger partial charge in [0.05, 0.1) is 28.8 Å². The number of aromatic nitrogens is 5. The van der Waals surface area contributed by atoms with Gasteiger partial charge in [0.1, 0.15) is 11.3 Å². The molecule has 4 aromatic rings. The van der Waals surface area contributed by atoms with Gasteiger partial charge in [-0.25, -0.2) is 14.3 Å². The first-order valence-electron chi connectivity index (χ1n) is 14.1. The van der Waals surface area contributed by atoms with Crippen LogP contribution >= 0.6 is 0 Å². The van der Waals surface area contributed by atoms with Crippen LogP contribution in [0.5, 0.6) is 0 Å². The topological polar surface area (TPSA) is 84.6 Å². The minimum atomic E-state index is -0.672. The number of piperazine rings is 1. The van der Waals surface area contributed by atoms with Crippen molar-refractivity contribution in [1.29, 1.82) is 0 Å². The number of likely N-dealkylation sites (N-methyl/N-ethyl adjacent to an activating group) is 1. The van der Waals surface area contributed by atoms with E-state index in [9.17, 15) is 4.79 Å². The first-order chi connectivity index (χ1) is 19.2. The second kappa shape index (κ2) is 10.5. The van der Waals surface area contributed by atoms with Crippen LogP contribution in [0, 0.1) is 0 Å². The molecule has 4 aromatic heterocycles. The number of nitrogens with zero attached hydrogens (tertiary/aromatic N) is 8. The first-order valence-corrected chi connectivity index (χ1v) is 14.1. The second-order valence-electron chi connectivity index (χ2n) is 13.0. The van der Waals surface area contributed by atoms with Crippen LogP contribution in [-0.4, -0.2) is 88.2 Å². The maximum Gasteiger partial charge on any atom is 0.420 e. The van der Waals surface area contributed by atoms with E-state index < -0.39 is 11.7 Å². The largest absolute Gasteiger partial charge is 0.443 e. The predicted octanol–water partition coefficient (Wildman–Crippen LogP) is 5.32. The van der Waals surface area contributed by atoms with Crippen LogP contribution in [0.3, 0.4) is 0 Å². The summed E-state index contributed by atoms with van der Waals surface area (Å²) in [5.41, 5.74) is 4.79. The molecule has 5 rings (SSSR count). The smallest absolute Gasteiger partial charge is 0.420 e. The molecule has 10 heteroatoms. The second-order valence-corrected chi connectivity index (χ2v) is 13.0. The van der Waals surface area contributed by atoms with E-state index in [0.717, 1.165) is 54.2 Å². The minimum absolute atomic E-state index is 0.326. The highest BCUT2D eigenvalue weighted by atomic mass is 16.6. The highest BCUT2D eigenvalue weighted by Crippen LogP contribution is 2.37. The molecule has 0 spiro atoms. The molecule has 0 bridgehead atoms. The predicted molar refractivity (Wildman–Crippen MR) is 165 cm³/mol. The van der Waals surface area contributed by atoms with Crippen LogP contribution in [0.25, 0.3) is 33.7 Å². The normalized spacial score (nSPS) is 15.0. The van der Waals surface area contributed by atoms with Crippen molar-refractivity contribution in [2.24, 2.45) is 0 Å². The fourth-order valence-electron chi connectivity index (χ4n) is 5.12. The van der Waals surface area contributed by atoms with E-state index in [1.54, 1.807) is 10.8 Å². The fourth-order valence-corrected chi connectivity index (χ4v) is 5.12. The molecule has 1 fully saturated rings. The summed E-state index contributed by atoms with van der Waals surface area (Å²) in [6.45, 7) is 15.7. The lowest BCUT2D eigenvalue weighted by atomic mass is 10.1. The van der Waals surface area contributed by atoms with E-state index in [1.165, 1.54) is 0 Å². The standard InChI is InChI=1S/C31H42N8O2/c1-30(2,3)39-26(21-16-22(35(7)8)20-32-19-21)18-24(34-39)27-17-23-25(37-14-12-36(9)13-15-37)10-11-33-28(23)38(27)29(40)41-31(4,5)6/h10-11,16-20H,12-15H2,1-9H3. The van der Waals surface area contributed by atoms with Gasteiger partial charge in [0.2, 0.25) is 0 Å². The third-order valence-electron chi connectivity index (χ3n) is 7.24. The van der Waals surface area contributed by atoms with Crippen LogP contribution in [0.15, 0.2) is 42.9 Å². The molecular weight excluding hydrogens is 516 g/mol. The molecule has 5 heterocycles. The van der Waals surface area contributed by atoms with Gasteiger partial charge < -0.3 is 19.4 Å². The van der Waals surface area contributed by atoms with E-state index in [1.807, 2.05) is 75.0 Å². The van der Waals surface area contributed by atoms with Gasteiger partial charge in [-0.05, 0) is 72.9 Å². The van der Waals surface area contributed by atoms with Crippen LogP contribution in [0.4, 0.5) is 16.2 Å². The van der Waals surface area contributed by atoms with Crippen molar-refractivity contribution in [3.63, 3.8) is 0 Å². The zero-order valence-corrected chi connectivity index (χ0v) is 25.8. The Kier molecular flexibility index (Phi) is 7.31. The van der Waals surface area contributed by atoms with Crippen LogP contribution in [0.1, 0.15) is 41.5 Å². The maximum atomic E-state index is 13.8. The van der Waals surface area contributed by atoms with E-state index in [2.05, 4.69) is 48.7 Å². The molecule has 1 aliphatic rings. The Morgan fingerprint density at radius 2 is 1.66 bits per heavy atom. The third kappa shape index (κ3) is 5.79. The van der Waals surface area contributed by atoms with E-state index >= 15 is 0 Å². The van der Waals surface area contributed by atoms with Crippen LogP contribution in [-0.2, 0) is 10.3 Å². The summed E-state index contributed by atoms with van der Waals surface area (Å²) in [6, 6.07) is 8.21. The van der Waals surface area contributed by atoms with Crippen molar-refractivity contribution in [2.75, 3.05) is 57.1 Å². The number of rotatable bonds is 4. The summed E-state index contributed by atoms with van der Waals surface area (Å²) in [6.07, 6.45) is 4.99. The summed E-state index contributed by atoms with van der Waals surface area (Å²) < 4.78 is 9.48. The van der Waals surface area contributed by atoms with E-state index in [0.29, 0.717) is 17.0 Å². The third-order valence-corrected chi connectivity index (χ3v) is 7.24. The molecule has 0 N–H and O–H groups in total. The molecule has 0 atom stereocenters. The number of hydrogen-bond donors (Lipinski definition) is 0. The molecule has 218 valence electrons. The Bertz CT molecular complexity index is 1560. The average molecular weight is 559 g/mol. The van der Waals surface area contributed by atoms with Gasteiger partial charge in [0, 0.05) is 69.3 Å². The molecule has 0 saturated carbocycles. The molecule has 0 aromatic carbocycles. The minimum Gasteiger partial charge on any atom is -0.443 e. The summed E-state index contributed by atoms with van der Waals surface area (Å²) in [4.78, 5) is 29.7. The Labute approximate surface area is 242 Å². The number of carbonyl (C=O) groups excluding carboxylic acids is 1. The van der Waals surface area contributed by atoms with Crippen molar-refractivity contribution in [3.05, 3.63) is 42.9 Å². The summed E-state index contributed by atoms with van der Waals surface area (Å²) in [5, 5.41) is 5.99. The molecule has 41 heavy (non-hydrogen) atoms. The lowest BCUT2D eigenvalue weighted by Crippen LogP contribution is -2.44. The SMILES string of the molecule is CN1CCN(c2ccnc3c2cc(-c2cc(-c4cncc(N(C)C)c4)n(C(C)(C)C)n2)n3C(=O)OC(C)(C)C)CC1. The lowest BCUT2D eigenvalue weighted by Gasteiger charge is -2.34. The highest BCUT2D eigenvalue weighted by molar-refractivity contribution is 6.00. The van der Waals surface area contributed by atoms with Gasteiger partial charge >= 0.3 is 6.09 Å². The van der Waals surface area contributed by atoms with Crippen LogP contribution < -0.4 is 9.80 Å².